The highest BCUT2D eigenvalue weighted by atomic mass is 16.1. The molecule has 3 rings (SSSR count). The van der Waals surface area contributed by atoms with E-state index in [9.17, 15) is 4.79 Å². The predicted molar refractivity (Wildman–Crippen MR) is 83.4 cm³/mol. The number of carbonyl (C=O) groups is 1. The van der Waals surface area contributed by atoms with E-state index in [0.29, 0.717) is 0 Å². The van der Waals surface area contributed by atoms with E-state index < -0.39 is 0 Å². The standard InChI is InChI=1S/C16H18N4O/c1-20-11-15(10-17-20)18-13-7-4-8-14(9-13)19-16(21)12-5-2-3-6-12/h2-4,7-12,18H,5-6H2,1H3,(H,19,21). The Bertz CT molecular complexity index is 666. The first-order valence-electron chi connectivity index (χ1n) is 7.02. The minimum absolute atomic E-state index is 0.0694. The third-order valence-corrected chi connectivity index (χ3v) is 3.50. The topological polar surface area (TPSA) is 59.0 Å². The maximum Gasteiger partial charge on any atom is 0.228 e. The van der Waals surface area contributed by atoms with Crippen molar-refractivity contribution in [3.05, 3.63) is 48.8 Å². The third-order valence-electron chi connectivity index (χ3n) is 3.50. The molecule has 0 saturated heterocycles. The summed E-state index contributed by atoms with van der Waals surface area (Å²) >= 11 is 0. The number of aromatic nitrogens is 2. The van der Waals surface area contributed by atoms with Gasteiger partial charge in [-0.25, -0.2) is 0 Å². The van der Waals surface area contributed by atoms with Crippen LogP contribution in [-0.4, -0.2) is 15.7 Å². The van der Waals surface area contributed by atoms with Crippen LogP contribution in [0.5, 0.6) is 0 Å². The van der Waals surface area contributed by atoms with Crippen LogP contribution in [0.25, 0.3) is 0 Å². The van der Waals surface area contributed by atoms with Gasteiger partial charge >= 0.3 is 0 Å². The average molecular weight is 282 g/mol. The van der Waals surface area contributed by atoms with Crippen molar-refractivity contribution in [2.24, 2.45) is 13.0 Å². The van der Waals surface area contributed by atoms with Crippen LogP contribution in [0.4, 0.5) is 17.1 Å². The fraction of sp³-hybridized carbons (Fsp3) is 0.250. The molecule has 2 N–H and O–H groups in total. The first-order chi connectivity index (χ1) is 10.2. The lowest BCUT2D eigenvalue weighted by Gasteiger charge is -2.11. The predicted octanol–water partition coefficient (Wildman–Crippen LogP) is 3.07. The van der Waals surface area contributed by atoms with Gasteiger partial charge in [0.1, 0.15) is 0 Å². The van der Waals surface area contributed by atoms with Crippen LogP contribution in [0.2, 0.25) is 0 Å². The van der Waals surface area contributed by atoms with Crippen molar-refractivity contribution in [2.45, 2.75) is 12.8 Å². The molecule has 0 atom stereocenters. The van der Waals surface area contributed by atoms with Gasteiger partial charge in [0.05, 0.1) is 11.9 Å². The average Bonchev–Trinajstić information content (AvgIpc) is 3.11. The number of hydrogen-bond acceptors (Lipinski definition) is 3. The number of nitrogens with one attached hydrogen (secondary N) is 2. The molecule has 1 aliphatic carbocycles. The lowest BCUT2D eigenvalue weighted by atomic mass is 10.1. The highest BCUT2D eigenvalue weighted by Gasteiger charge is 2.19. The fourth-order valence-corrected chi connectivity index (χ4v) is 2.40. The van der Waals surface area contributed by atoms with Crippen molar-refractivity contribution in [3.8, 4) is 0 Å². The van der Waals surface area contributed by atoms with Crippen LogP contribution >= 0.6 is 0 Å². The van der Waals surface area contributed by atoms with E-state index in [1.807, 2.05) is 37.5 Å². The zero-order chi connectivity index (χ0) is 14.7. The molecule has 0 radical (unpaired) electrons. The number of nitrogens with zero attached hydrogens (tertiary/aromatic N) is 2. The number of anilines is 3. The zero-order valence-corrected chi connectivity index (χ0v) is 11.9. The van der Waals surface area contributed by atoms with Crippen LogP contribution in [0.15, 0.2) is 48.8 Å². The summed E-state index contributed by atoms with van der Waals surface area (Å²) in [5.74, 6) is 0.151. The number of benzene rings is 1. The van der Waals surface area contributed by atoms with Crippen molar-refractivity contribution in [3.63, 3.8) is 0 Å². The van der Waals surface area contributed by atoms with Crippen molar-refractivity contribution in [2.75, 3.05) is 10.6 Å². The first kappa shape index (κ1) is 13.4. The van der Waals surface area contributed by atoms with E-state index in [1.165, 1.54) is 0 Å². The van der Waals surface area contributed by atoms with Gasteiger partial charge in [-0.05, 0) is 31.0 Å². The molecule has 2 aromatic rings. The highest BCUT2D eigenvalue weighted by Crippen LogP contribution is 2.23. The Kier molecular flexibility index (Phi) is 3.73. The van der Waals surface area contributed by atoms with Gasteiger partial charge in [0, 0.05) is 30.5 Å². The summed E-state index contributed by atoms with van der Waals surface area (Å²) in [7, 11) is 1.87. The molecule has 108 valence electrons. The summed E-state index contributed by atoms with van der Waals surface area (Å²) in [6.45, 7) is 0. The zero-order valence-electron chi connectivity index (χ0n) is 11.9. The van der Waals surface area contributed by atoms with Gasteiger partial charge in [0.25, 0.3) is 0 Å². The quantitative estimate of drug-likeness (QED) is 0.847. The Morgan fingerprint density at radius 1 is 1.24 bits per heavy atom. The van der Waals surface area contributed by atoms with Crippen LogP contribution < -0.4 is 10.6 Å². The van der Waals surface area contributed by atoms with Gasteiger partial charge in [-0.2, -0.15) is 5.10 Å². The molecule has 0 bridgehead atoms. The van der Waals surface area contributed by atoms with Gasteiger partial charge in [0.15, 0.2) is 0 Å². The minimum Gasteiger partial charge on any atom is -0.353 e. The summed E-state index contributed by atoms with van der Waals surface area (Å²) in [6.07, 6.45) is 9.44. The minimum atomic E-state index is 0.0694. The lowest BCUT2D eigenvalue weighted by molar-refractivity contribution is -0.119. The summed E-state index contributed by atoms with van der Waals surface area (Å²) in [5, 5.41) is 10.3. The summed E-state index contributed by atoms with van der Waals surface area (Å²) < 4.78 is 1.74. The molecule has 0 aliphatic heterocycles. The summed E-state index contributed by atoms with van der Waals surface area (Å²) in [5.41, 5.74) is 2.65. The second-order valence-electron chi connectivity index (χ2n) is 5.24. The molecule has 1 amide bonds. The van der Waals surface area contributed by atoms with Crippen LogP contribution in [0, 0.1) is 5.92 Å². The number of hydrogen-bond donors (Lipinski definition) is 2. The van der Waals surface area contributed by atoms with Gasteiger partial charge < -0.3 is 10.6 Å². The lowest BCUT2D eigenvalue weighted by Crippen LogP contribution is -2.20. The maximum absolute atomic E-state index is 12.1. The first-order valence-corrected chi connectivity index (χ1v) is 7.02. The Labute approximate surface area is 123 Å². The van der Waals surface area contributed by atoms with Crippen molar-refractivity contribution < 1.29 is 4.79 Å². The second-order valence-corrected chi connectivity index (χ2v) is 5.24. The smallest absolute Gasteiger partial charge is 0.228 e. The Morgan fingerprint density at radius 2 is 2.00 bits per heavy atom. The van der Waals surface area contributed by atoms with E-state index in [4.69, 9.17) is 0 Å². The van der Waals surface area contributed by atoms with Gasteiger partial charge in [-0.1, -0.05) is 18.2 Å². The van der Waals surface area contributed by atoms with E-state index in [1.54, 1.807) is 10.9 Å². The number of amides is 1. The Balaban J connectivity index is 1.66. The normalized spacial score (nSPS) is 14.3. The maximum atomic E-state index is 12.1. The fourth-order valence-electron chi connectivity index (χ4n) is 2.40. The Morgan fingerprint density at radius 3 is 2.71 bits per heavy atom. The van der Waals surface area contributed by atoms with Gasteiger partial charge in [0.2, 0.25) is 5.91 Å². The van der Waals surface area contributed by atoms with E-state index >= 15 is 0 Å². The molecule has 5 nitrogen and oxygen atoms in total. The number of aryl methyl sites for hydroxylation is 1. The molecule has 1 aromatic heterocycles. The van der Waals surface area contributed by atoms with Crippen LogP contribution in [0.1, 0.15) is 12.8 Å². The molecule has 5 heteroatoms. The molecule has 0 spiro atoms. The number of allylic oxidation sites excluding steroid dienone is 2. The molecular weight excluding hydrogens is 264 g/mol. The molecule has 1 aromatic carbocycles. The highest BCUT2D eigenvalue weighted by molar-refractivity contribution is 5.93. The van der Waals surface area contributed by atoms with Crippen LogP contribution in [-0.2, 0) is 11.8 Å². The van der Waals surface area contributed by atoms with E-state index in [0.717, 1.165) is 29.9 Å². The third kappa shape index (κ3) is 3.31. The van der Waals surface area contributed by atoms with Crippen LogP contribution in [0.3, 0.4) is 0 Å². The van der Waals surface area contributed by atoms with Crippen molar-refractivity contribution >= 4 is 23.0 Å². The molecular formula is C16H18N4O. The monoisotopic (exact) mass is 282 g/mol. The largest absolute Gasteiger partial charge is 0.353 e. The second kappa shape index (κ2) is 5.83. The summed E-state index contributed by atoms with van der Waals surface area (Å²) in [4.78, 5) is 12.1. The molecule has 1 heterocycles. The summed E-state index contributed by atoms with van der Waals surface area (Å²) in [6, 6.07) is 7.70. The van der Waals surface area contributed by atoms with Gasteiger partial charge in [-0.3, -0.25) is 9.48 Å². The van der Waals surface area contributed by atoms with Crippen molar-refractivity contribution in [1.29, 1.82) is 0 Å². The van der Waals surface area contributed by atoms with E-state index in [-0.39, 0.29) is 11.8 Å². The van der Waals surface area contributed by atoms with E-state index in [2.05, 4.69) is 27.9 Å². The number of rotatable bonds is 4. The molecule has 1 aliphatic rings. The molecule has 0 unspecified atom stereocenters. The molecule has 0 fully saturated rings. The SMILES string of the molecule is Cn1cc(Nc2cccc(NC(=O)C3CC=CC3)c2)cn1. The van der Waals surface area contributed by atoms with Gasteiger partial charge in [-0.15, -0.1) is 0 Å². The number of carbonyl (C=O) groups excluding carboxylic acids is 1. The molecule has 0 saturated carbocycles. The Hall–Kier alpha value is -2.56. The van der Waals surface area contributed by atoms with Crippen molar-refractivity contribution in [1.82, 2.24) is 9.78 Å². The molecule has 21 heavy (non-hydrogen) atoms.